The number of aliphatic hydroxyl groups is 1. The van der Waals surface area contributed by atoms with Crippen LogP contribution in [0.5, 0.6) is 11.5 Å². The summed E-state index contributed by atoms with van der Waals surface area (Å²) in [4.78, 5) is 39.7. The first kappa shape index (κ1) is 25.0. The number of Topliss-reactive ketones (excluding diaryl/α,β-unsaturated/α-hetero) is 1. The van der Waals surface area contributed by atoms with Gasteiger partial charge in [-0.1, -0.05) is 18.2 Å². The number of carboxylic acids is 1. The van der Waals surface area contributed by atoms with Gasteiger partial charge in [-0.25, -0.2) is 4.79 Å². The summed E-state index contributed by atoms with van der Waals surface area (Å²) in [6, 6.07) is 16.0. The Bertz CT molecular complexity index is 1500. The summed E-state index contributed by atoms with van der Waals surface area (Å²) in [5, 5.41) is 30.2. The number of carbonyl (C=O) groups excluding carboxylic acids is 2. The lowest BCUT2D eigenvalue weighted by atomic mass is 9.94. The SMILES string of the molecule is COc1ccc(OC)c(/C(O)=C2\C(=O)C(=O)N(c3cc(C(=O)O)ccc3C)C2c2ccc(C#N)cc2)c1. The third-order valence-electron chi connectivity index (χ3n) is 6.18. The lowest BCUT2D eigenvalue weighted by Crippen LogP contribution is -2.30. The summed E-state index contributed by atoms with van der Waals surface area (Å²) in [7, 11) is 2.84. The molecular formula is C28H22N2O7. The third-order valence-corrected chi connectivity index (χ3v) is 6.18. The summed E-state index contributed by atoms with van der Waals surface area (Å²) in [6.07, 6.45) is 0. The average molecular weight is 498 g/mol. The van der Waals surface area contributed by atoms with Crippen molar-refractivity contribution in [1.29, 1.82) is 5.26 Å². The zero-order valence-corrected chi connectivity index (χ0v) is 20.2. The number of anilines is 1. The Labute approximate surface area is 212 Å². The van der Waals surface area contributed by atoms with Crippen molar-refractivity contribution in [2.75, 3.05) is 19.1 Å². The fraction of sp³-hybridized carbons (Fsp3) is 0.143. The van der Waals surface area contributed by atoms with Gasteiger partial charge in [0.15, 0.2) is 0 Å². The minimum atomic E-state index is -1.20. The average Bonchev–Trinajstić information content (AvgIpc) is 3.17. The van der Waals surface area contributed by atoms with E-state index in [0.717, 1.165) is 0 Å². The molecule has 9 nitrogen and oxygen atoms in total. The second-order valence-electron chi connectivity index (χ2n) is 8.28. The van der Waals surface area contributed by atoms with Gasteiger partial charge in [0.1, 0.15) is 17.3 Å². The van der Waals surface area contributed by atoms with E-state index in [-0.39, 0.29) is 28.1 Å². The van der Waals surface area contributed by atoms with Crippen molar-refractivity contribution in [3.8, 4) is 17.6 Å². The van der Waals surface area contributed by atoms with Crippen molar-refractivity contribution in [2.45, 2.75) is 13.0 Å². The smallest absolute Gasteiger partial charge is 0.335 e. The van der Waals surface area contributed by atoms with Crippen molar-refractivity contribution in [2.24, 2.45) is 0 Å². The minimum Gasteiger partial charge on any atom is -0.507 e. The fourth-order valence-corrected chi connectivity index (χ4v) is 4.28. The Balaban J connectivity index is 2.03. The molecule has 1 unspecified atom stereocenters. The molecule has 4 rings (SSSR count). The van der Waals surface area contributed by atoms with E-state index in [1.807, 2.05) is 6.07 Å². The highest BCUT2D eigenvalue weighted by Gasteiger charge is 2.47. The molecule has 1 atom stereocenters. The predicted molar refractivity (Wildman–Crippen MR) is 134 cm³/mol. The number of carbonyl (C=O) groups is 3. The van der Waals surface area contributed by atoms with Crippen molar-refractivity contribution >= 4 is 29.1 Å². The molecule has 3 aromatic rings. The molecule has 1 fully saturated rings. The molecular weight excluding hydrogens is 476 g/mol. The van der Waals surface area contributed by atoms with Gasteiger partial charge in [-0.2, -0.15) is 5.26 Å². The fourth-order valence-electron chi connectivity index (χ4n) is 4.28. The van der Waals surface area contributed by atoms with Crippen LogP contribution in [0.1, 0.15) is 38.7 Å². The molecule has 186 valence electrons. The van der Waals surface area contributed by atoms with Crippen LogP contribution in [0, 0.1) is 18.3 Å². The van der Waals surface area contributed by atoms with E-state index in [4.69, 9.17) is 9.47 Å². The van der Waals surface area contributed by atoms with Crippen LogP contribution < -0.4 is 14.4 Å². The molecule has 37 heavy (non-hydrogen) atoms. The number of ether oxygens (including phenoxy) is 2. The topological polar surface area (TPSA) is 137 Å². The minimum absolute atomic E-state index is 0.0736. The summed E-state index contributed by atoms with van der Waals surface area (Å²) in [5.41, 5.74) is 1.38. The van der Waals surface area contributed by atoms with Crippen LogP contribution in [0.15, 0.2) is 66.2 Å². The van der Waals surface area contributed by atoms with Gasteiger partial charge >= 0.3 is 5.97 Å². The number of carboxylic acid groups (broad SMARTS) is 1. The first-order chi connectivity index (χ1) is 17.7. The van der Waals surface area contributed by atoms with E-state index < -0.39 is 29.5 Å². The Morgan fingerprint density at radius 2 is 1.68 bits per heavy atom. The van der Waals surface area contributed by atoms with Crippen LogP contribution >= 0.6 is 0 Å². The van der Waals surface area contributed by atoms with Crippen molar-refractivity contribution < 1.29 is 34.1 Å². The summed E-state index contributed by atoms with van der Waals surface area (Å²) < 4.78 is 10.6. The van der Waals surface area contributed by atoms with E-state index in [2.05, 4.69) is 0 Å². The molecule has 1 heterocycles. The van der Waals surface area contributed by atoms with Gasteiger partial charge in [0.2, 0.25) is 0 Å². The van der Waals surface area contributed by atoms with Gasteiger partial charge in [-0.05, 0) is 60.5 Å². The van der Waals surface area contributed by atoms with Crippen LogP contribution in [0.3, 0.4) is 0 Å². The maximum absolute atomic E-state index is 13.4. The number of methoxy groups -OCH3 is 2. The highest BCUT2D eigenvalue weighted by molar-refractivity contribution is 6.51. The number of ketones is 1. The number of aromatic carboxylic acids is 1. The molecule has 0 radical (unpaired) electrons. The van der Waals surface area contributed by atoms with Gasteiger partial charge in [0.25, 0.3) is 11.7 Å². The van der Waals surface area contributed by atoms with Crippen molar-refractivity contribution in [3.63, 3.8) is 0 Å². The maximum Gasteiger partial charge on any atom is 0.335 e. The Morgan fingerprint density at radius 1 is 0.973 bits per heavy atom. The molecule has 1 saturated heterocycles. The number of aliphatic hydroxyl groups excluding tert-OH is 1. The monoisotopic (exact) mass is 498 g/mol. The zero-order chi connectivity index (χ0) is 26.9. The first-order valence-corrected chi connectivity index (χ1v) is 11.1. The third kappa shape index (κ3) is 4.36. The van der Waals surface area contributed by atoms with Gasteiger partial charge in [0, 0.05) is 5.69 Å². The van der Waals surface area contributed by atoms with Crippen LogP contribution in [0.25, 0.3) is 5.76 Å². The molecule has 0 bridgehead atoms. The van der Waals surface area contributed by atoms with E-state index in [1.54, 1.807) is 37.3 Å². The molecule has 1 aliphatic heterocycles. The van der Waals surface area contributed by atoms with Gasteiger partial charge < -0.3 is 19.7 Å². The summed E-state index contributed by atoms with van der Waals surface area (Å²) >= 11 is 0. The molecule has 2 N–H and O–H groups in total. The van der Waals surface area contributed by atoms with Gasteiger partial charge in [0.05, 0.1) is 48.6 Å². The van der Waals surface area contributed by atoms with Crippen LogP contribution in [0.2, 0.25) is 0 Å². The maximum atomic E-state index is 13.4. The quantitative estimate of drug-likeness (QED) is 0.293. The second-order valence-corrected chi connectivity index (χ2v) is 8.28. The molecule has 0 saturated carbocycles. The molecule has 3 aromatic carbocycles. The van der Waals surface area contributed by atoms with Gasteiger partial charge in [-0.15, -0.1) is 0 Å². The Morgan fingerprint density at radius 3 is 2.27 bits per heavy atom. The number of nitrogens with zero attached hydrogens (tertiary/aromatic N) is 2. The second kappa shape index (κ2) is 9.87. The molecule has 1 amide bonds. The van der Waals surface area contributed by atoms with Gasteiger partial charge in [-0.3, -0.25) is 14.5 Å². The number of hydrogen-bond acceptors (Lipinski definition) is 7. The van der Waals surface area contributed by atoms with E-state index in [9.17, 15) is 29.9 Å². The predicted octanol–water partition coefficient (Wildman–Crippen LogP) is 4.21. The number of rotatable bonds is 6. The van der Waals surface area contributed by atoms with E-state index in [0.29, 0.717) is 22.4 Å². The number of benzene rings is 3. The van der Waals surface area contributed by atoms with Crippen molar-refractivity contribution in [1.82, 2.24) is 0 Å². The number of amides is 1. The number of nitriles is 1. The lowest BCUT2D eigenvalue weighted by Gasteiger charge is -2.27. The zero-order valence-electron chi connectivity index (χ0n) is 20.2. The molecule has 1 aliphatic rings. The lowest BCUT2D eigenvalue weighted by molar-refractivity contribution is -0.132. The normalized spacial score (nSPS) is 16.4. The largest absolute Gasteiger partial charge is 0.507 e. The molecule has 0 aromatic heterocycles. The summed E-state index contributed by atoms with van der Waals surface area (Å²) in [5.74, 6) is -2.96. The Kier molecular flexibility index (Phi) is 6.67. The highest BCUT2D eigenvalue weighted by atomic mass is 16.5. The number of hydrogen-bond donors (Lipinski definition) is 2. The van der Waals surface area contributed by atoms with Crippen LogP contribution in [0.4, 0.5) is 5.69 Å². The Hall–Kier alpha value is -5.10. The van der Waals surface area contributed by atoms with Crippen molar-refractivity contribution in [3.05, 3.63) is 94.1 Å². The highest BCUT2D eigenvalue weighted by Crippen LogP contribution is 2.44. The molecule has 0 aliphatic carbocycles. The van der Waals surface area contributed by atoms with E-state index in [1.165, 1.54) is 49.5 Å². The van der Waals surface area contributed by atoms with Crippen LogP contribution in [-0.2, 0) is 9.59 Å². The molecule has 9 heteroatoms. The molecule has 0 spiro atoms. The van der Waals surface area contributed by atoms with Crippen LogP contribution in [-0.4, -0.2) is 42.1 Å². The standard InChI is InChI=1S/C28H22N2O7/c1-15-4-7-18(28(34)35)12-21(15)30-24(17-8-5-16(14-29)6-9-17)23(26(32)27(30)33)25(31)20-13-19(36-2)10-11-22(20)37-3/h4-13,24,31H,1-3H3,(H,34,35)/b25-23+. The van der Waals surface area contributed by atoms with E-state index >= 15 is 0 Å². The number of aryl methyl sites for hydroxylation is 1. The first-order valence-electron chi connectivity index (χ1n) is 11.1. The summed E-state index contributed by atoms with van der Waals surface area (Å²) in [6.45, 7) is 1.68.